The van der Waals surface area contributed by atoms with Crippen LogP contribution in [-0.4, -0.2) is 23.5 Å². The van der Waals surface area contributed by atoms with E-state index in [0.717, 1.165) is 6.42 Å². The molecule has 0 amide bonds. The molecule has 3 heteroatoms. The third-order valence-corrected chi connectivity index (χ3v) is 5.07. The van der Waals surface area contributed by atoms with E-state index in [1.54, 1.807) is 0 Å². The zero-order chi connectivity index (χ0) is 13.8. The molecule has 19 heavy (non-hydrogen) atoms. The van der Waals surface area contributed by atoms with Crippen molar-refractivity contribution in [3.8, 4) is 0 Å². The van der Waals surface area contributed by atoms with Gasteiger partial charge in [0, 0.05) is 16.6 Å². The summed E-state index contributed by atoms with van der Waals surface area (Å²) in [6.07, 6.45) is 4.85. The van der Waals surface area contributed by atoms with Gasteiger partial charge in [0.15, 0.2) is 0 Å². The van der Waals surface area contributed by atoms with Crippen LogP contribution in [0.3, 0.4) is 0 Å². The first-order valence-corrected chi connectivity index (χ1v) is 8.24. The van der Waals surface area contributed by atoms with Crippen LogP contribution < -0.4 is 5.73 Å². The fraction of sp³-hybridized carbons (Fsp3) is 0.625. The lowest BCUT2D eigenvalue weighted by molar-refractivity contribution is 0.150. The van der Waals surface area contributed by atoms with Gasteiger partial charge < -0.3 is 5.73 Å². The highest BCUT2D eigenvalue weighted by molar-refractivity contribution is 9.10. The summed E-state index contributed by atoms with van der Waals surface area (Å²) >= 11 is 3.70. The molecule has 1 aromatic carbocycles. The van der Waals surface area contributed by atoms with Gasteiger partial charge in [-0.1, -0.05) is 48.0 Å². The van der Waals surface area contributed by atoms with E-state index in [9.17, 15) is 0 Å². The van der Waals surface area contributed by atoms with Crippen molar-refractivity contribution in [3.63, 3.8) is 0 Å². The minimum Gasteiger partial charge on any atom is -0.326 e. The molecule has 0 aliphatic carbocycles. The Bertz CT molecular complexity index is 407. The van der Waals surface area contributed by atoms with Crippen molar-refractivity contribution in [2.75, 3.05) is 6.54 Å². The first-order chi connectivity index (χ1) is 9.19. The maximum atomic E-state index is 6.45. The van der Waals surface area contributed by atoms with Gasteiger partial charge >= 0.3 is 0 Å². The monoisotopic (exact) mass is 324 g/mol. The van der Waals surface area contributed by atoms with Crippen LogP contribution in [0.5, 0.6) is 0 Å². The number of nitrogens with two attached hydrogens (primary N) is 1. The van der Waals surface area contributed by atoms with Gasteiger partial charge in [-0.15, -0.1) is 0 Å². The van der Waals surface area contributed by atoms with Crippen LogP contribution in [0.4, 0.5) is 0 Å². The van der Waals surface area contributed by atoms with Crippen LogP contribution >= 0.6 is 15.9 Å². The largest absolute Gasteiger partial charge is 0.326 e. The Hall–Kier alpha value is -0.380. The second-order valence-electron chi connectivity index (χ2n) is 5.48. The van der Waals surface area contributed by atoms with E-state index in [1.807, 2.05) is 0 Å². The van der Waals surface area contributed by atoms with Crippen molar-refractivity contribution < 1.29 is 0 Å². The van der Waals surface area contributed by atoms with Crippen molar-refractivity contribution in [1.29, 1.82) is 0 Å². The third-order valence-electron chi connectivity index (χ3n) is 4.35. The van der Waals surface area contributed by atoms with E-state index in [4.69, 9.17) is 5.73 Å². The average molecular weight is 325 g/mol. The quantitative estimate of drug-likeness (QED) is 0.883. The Balaban J connectivity index is 2.33. The molecule has 1 aliphatic heterocycles. The highest BCUT2D eigenvalue weighted by Gasteiger charge is 2.34. The summed E-state index contributed by atoms with van der Waals surface area (Å²) in [7, 11) is 0. The predicted octanol–water partition coefficient (Wildman–Crippen LogP) is 4.10. The van der Waals surface area contributed by atoms with Crippen LogP contribution in [0.25, 0.3) is 0 Å². The van der Waals surface area contributed by atoms with Crippen molar-refractivity contribution in [2.45, 2.75) is 57.7 Å². The second kappa shape index (κ2) is 6.87. The van der Waals surface area contributed by atoms with Crippen molar-refractivity contribution in [3.05, 3.63) is 34.3 Å². The van der Waals surface area contributed by atoms with Gasteiger partial charge in [0.25, 0.3) is 0 Å². The number of rotatable bonds is 5. The lowest BCUT2D eigenvalue weighted by Crippen LogP contribution is -2.43. The first kappa shape index (κ1) is 15.0. The van der Waals surface area contributed by atoms with Crippen molar-refractivity contribution in [2.24, 2.45) is 5.73 Å². The van der Waals surface area contributed by atoms with Gasteiger partial charge in [-0.05, 0) is 43.9 Å². The zero-order valence-electron chi connectivity index (χ0n) is 12.0. The number of hydrogen-bond acceptors (Lipinski definition) is 2. The molecule has 0 aromatic heterocycles. The van der Waals surface area contributed by atoms with Crippen molar-refractivity contribution >= 4 is 15.9 Å². The Morgan fingerprint density at radius 3 is 2.74 bits per heavy atom. The second-order valence-corrected chi connectivity index (χ2v) is 6.33. The van der Waals surface area contributed by atoms with Gasteiger partial charge in [-0.25, -0.2) is 0 Å². The molecule has 3 unspecified atom stereocenters. The zero-order valence-corrected chi connectivity index (χ0v) is 13.6. The fourth-order valence-corrected chi connectivity index (χ4v) is 3.78. The summed E-state index contributed by atoms with van der Waals surface area (Å²) < 4.78 is 1.19. The van der Waals surface area contributed by atoms with Crippen LogP contribution in [0, 0.1) is 0 Å². The molecule has 106 valence electrons. The minimum absolute atomic E-state index is 0.200. The summed E-state index contributed by atoms with van der Waals surface area (Å²) in [6.45, 7) is 5.65. The van der Waals surface area contributed by atoms with Gasteiger partial charge in [-0.2, -0.15) is 0 Å². The number of halogens is 1. The lowest BCUT2D eigenvalue weighted by atomic mass is 9.95. The molecular formula is C16H25BrN2. The molecule has 1 saturated heterocycles. The lowest BCUT2D eigenvalue weighted by Gasteiger charge is -2.37. The summed E-state index contributed by atoms with van der Waals surface area (Å²) in [4.78, 5) is 2.63. The van der Waals surface area contributed by atoms with E-state index in [2.05, 4.69) is 58.9 Å². The molecule has 2 N–H and O–H groups in total. The van der Waals surface area contributed by atoms with Crippen molar-refractivity contribution in [1.82, 2.24) is 4.90 Å². The minimum atomic E-state index is 0.200. The topological polar surface area (TPSA) is 29.3 Å². The summed E-state index contributed by atoms with van der Waals surface area (Å²) in [5.74, 6) is 0. The van der Waals surface area contributed by atoms with Crippen LogP contribution in [0.2, 0.25) is 0 Å². The van der Waals surface area contributed by atoms with Gasteiger partial charge in [0.1, 0.15) is 0 Å². The Morgan fingerprint density at radius 1 is 1.37 bits per heavy atom. The van der Waals surface area contributed by atoms with Gasteiger partial charge in [0.2, 0.25) is 0 Å². The third kappa shape index (κ3) is 3.21. The molecule has 0 radical (unpaired) electrons. The number of hydrogen-bond donors (Lipinski definition) is 1. The van der Waals surface area contributed by atoms with E-state index < -0.39 is 0 Å². The molecule has 0 bridgehead atoms. The molecule has 0 spiro atoms. The first-order valence-electron chi connectivity index (χ1n) is 7.44. The molecule has 2 rings (SSSR count). The normalized spacial score (nSPS) is 23.5. The molecule has 0 saturated carbocycles. The Labute approximate surface area is 125 Å². The summed E-state index contributed by atoms with van der Waals surface area (Å²) in [5, 5.41) is 0. The van der Waals surface area contributed by atoms with Crippen LogP contribution in [0.15, 0.2) is 28.7 Å². The van der Waals surface area contributed by atoms with E-state index in [1.165, 1.54) is 35.8 Å². The summed E-state index contributed by atoms with van der Waals surface area (Å²) in [6, 6.07) is 9.76. The maximum Gasteiger partial charge on any atom is 0.0513 e. The number of benzene rings is 1. The molecule has 1 aromatic rings. The smallest absolute Gasteiger partial charge is 0.0513 e. The van der Waals surface area contributed by atoms with E-state index in [0.29, 0.717) is 12.1 Å². The Kier molecular flexibility index (Phi) is 5.43. The standard InChI is InChI=1S/C16H25BrN2/c1-3-12-8-7-11-19(12)16(15(18)4-2)13-9-5-6-10-14(13)17/h5-6,9-10,12,15-16H,3-4,7-8,11,18H2,1-2H3. The highest BCUT2D eigenvalue weighted by Crippen LogP contribution is 2.36. The maximum absolute atomic E-state index is 6.45. The Morgan fingerprint density at radius 2 is 2.11 bits per heavy atom. The molecule has 2 nitrogen and oxygen atoms in total. The van der Waals surface area contributed by atoms with Crippen LogP contribution in [0.1, 0.15) is 51.1 Å². The average Bonchev–Trinajstić information content (AvgIpc) is 2.89. The molecule has 1 fully saturated rings. The van der Waals surface area contributed by atoms with Crippen LogP contribution in [-0.2, 0) is 0 Å². The molecular weight excluding hydrogens is 300 g/mol. The molecule has 1 aliphatic rings. The molecule has 1 heterocycles. The van der Waals surface area contributed by atoms with E-state index in [-0.39, 0.29) is 6.04 Å². The van der Waals surface area contributed by atoms with Gasteiger partial charge in [0.05, 0.1) is 6.04 Å². The molecule has 3 atom stereocenters. The SMILES string of the molecule is CCC(N)C(c1ccccc1Br)N1CCCC1CC. The summed E-state index contributed by atoms with van der Waals surface area (Å²) in [5.41, 5.74) is 7.80. The van der Waals surface area contributed by atoms with Gasteiger partial charge in [-0.3, -0.25) is 4.90 Å². The highest BCUT2D eigenvalue weighted by atomic mass is 79.9. The number of likely N-dealkylation sites (tertiary alicyclic amines) is 1. The fourth-order valence-electron chi connectivity index (χ4n) is 3.26. The number of nitrogens with zero attached hydrogens (tertiary/aromatic N) is 1. The van der Waals surface area contributed by atoms with E-state index >= 15 is 0 Å². The predicted molar refractivity (Wildman–Crippen MR) is 85.2 cm³/mol.